The average Bonchev–Trinajstić information content (AvgIpc) is 2.75. The van der Waals surface area contributed by atoms with Crippen LogP contribution in [0.4, 0.5) is 0 Å². The number of aromatic nitrogens is 1. The van der Waals surface area contributed by atoms with Gasteiger partial charge in [-0.3, -0.25) is 0 Å². The molecule has 0 radical (unpaired) electrons. The van der Waals surface area contributed by atoms with Crippen LogP contribution < -0.4 is 5.73 Å². The van der Waals surface area contributed by atoms with Crippen molar-refractivity contribution in [1.29, 1.82) is 0 Å². The zero-order chi connectivity index (χ0) is 12.2. The standard InChI is InChI=1S/C13H18N2O/c1-5-6-7-10(2)11-8-15-12(16-11)13(3,4)9-14/h5-8H,1-2,9,14H2,3-4H3. The fourth-order valence-electron chi connectivity index (χ4n) is 1.09. The molecule has 0 aliphatic rings. The van der Waals surface area contributed by atoms with Gasteiger partial charge in [-0.2, -0.15) is 0 Å². The van der Waals surface area contributed by atoms with Crippen LogP contribution in [0.25, 0.3) is 5.57 Å². The van der Waals surface area contributed by atoms with Crippen LogP contribution >= 0.6 is 0 Å². The lowest BCUT2D eigenvalue weighted by Crippen LogP contribution is -2.28. The first-order valence-electron chi connectivity index (χ1n) is 5.16. The minimum absolute atomic E-state index is 0.249. The Balaban J connectivity index is 2.91. The minimum Gasteiger partial charge on any atom is -0.440 e. The fraction of sp³-hybridized carbons (Fsp3) is 0.308. The third-order valence-electron chi connectivity index (χ3n) is 2.34. The summed E-state index contributed by atoms with van der Waals surface area (Å²) in [6.45, 7) is 11.9. The molecule has 0 bridgehead atoms. The molecular formula is C13H18N2O. The van der Waals surface area contributed by atoms with Gasteiger partial charge in [-0.15, -0.1) is 0 Å². The number of rotatable bonds is 5. The van der Waals surface area contributed by atoms with Crippen molar-refractivity contribution in [3.63, 3.8) is 0 Å². The van der Waals surface area contributed by atoms with E-state index in [2.05, 4.69) is 18.1 Å². The van der Waals surface area contributed by atoms with Crippen molar-refractivity contribution in [3.05, 3.63) is 49.2 Å². The number of allylic oxidation sites excluding steroid dienone is 4. The zero-order valence-electron chi connectivity index (χ0n) is 9.86. The molecule has 0 aliphatic carbocycles. The van der Waals surface area contributed by atoms with E-state index in [1.807, 2.05) is 19.9 Å². The summed E-state index contributed by atoms with van der Waals surface area (Å²) in [5, 5.41) is 0. The van der Waals surface area contributed by atoms with Crippen molar-refractivity contribution in [2.24, 2.45) is 5.73 Å². The van der Waals surface area contributed by atoms with E-state index in [1.165, 1.54) is 0 Å². The molecule has 0 aromatic carbocycles. The molecule has 3 nitrogen and oxygen atoms in total. The molecular weight excluding hydrogens is 200 g/mol. The molecule has 0 fully saturated rings. The molecule has 1 heterocycles. The summed E-state index contributed by atoms with van der Waals surface area (Å²) in [7, 11) is 0. The lowest BCUT2D eigenvalue weighted by Gasteiger charge is -2.17. The Hall–Kier alpha value is -1.61. The van der Waals surface area contributed by atoms with E-state index < -0.39 is 0 Å². The van der Waals surface area contributed by atoms with Crippen molar-refractivity contribution in [3.8, 4) is 0 Å². The second-order valence-corrected chi connectivity index (χ2v) is 4.24. The third kappa shape index (κ3) is 2.70. The number of nitrogens with zero attached hydrogens (tertiary/aromatic N) is 1. The SMILES string of the molecule is C=CC=CC(=C)c1cnc(C(C)(C)CN)o1. The van der Waals surface area contributed by atoms with Crippen LogP contribution in [0.5, 0.6) is 0 Å². The quantitative estimate of drug-likeness (QED) is 0.773. The Kier molecular flexibility index (Phi) is 3.85. The molecule has 0 amide bonds. The maximum absolute atomic E-state index is 5.65. The molecule has 0 spiro atoms. The Bertz CT molecular complexity index is 413. The summed E-state index contributed by atoms with van der Waals surface area (Å²) in [5.41, 5.74) is 6.17. The highest BCUT2D eigenvalue weighted by Gasteiger charge is 2.24. The lowest BCUT2D eigenvalue weighted by atomic mass is 9.94. The summed E-state index contributed by atoms with van der Waals surface area (Å²) >= 11 is 0. The summed E-state index contributed by atoms with van der Waals surface area (Å²) in [4.78, 5) is 4.22. The van der Waals surface area contributed by atoms with Crippen LogP contribution in [-0.2, 0) is 5.41 Å². The highest BCUT2D eigenvalue weighted by atomic mass is 16.4. The van der Waals surface area contributed by atoms with Gasteiger partial charge in [-0.05, 0) is 13.8 Å². The van der Waals surface area contributed by atoms with Crippen LogP contribution in [0, 0.1) is 0 Å². The van der Waals surface area contributed by atoms with Gasteiger partial charge in [-0.25, -0.2) is 4.98 Å². The maximum Gasteiger partial charge on any atom is 0.201 e. The molecule has 2 N–H and O–H groups in total. The fourth-order valence-corrected chi connectivity index (χ4v) is 1.09. The summed E-state index contributed by atoms with van der Waals surface area (Å²) in [5.74, 6) is 1.30. The van der Waals surface area contributed by atoms with Gasteiger partial charge in [0.15, 0.2) is 5.76 Å². The van der Waals surface area contributed by atoms with E-state index >= 15 is 0 Å². The summed E-state index contributed by atoms with van der Waals surface area (Å²) in [6.07, 6.45) is 6.99. The molecule has 86 valence electrons. The first-order chi connectivity index (χ1) is 7.51. The predicted molar refractivity (Wildman–Crippen MR) is 67.0 cm³/mol. The van der Waals surface area contributed by atoms with E-state index in [4.69, 9.17) is 10.2 Å². The second-order valence-electron chi connectivity index (χ2n) is 4.24. The minimum atomic E-state index is -0.249. The maximum atomic E-state index is 5.65. The van der Waals surface area contributed by atoms with E-state index in [0.717, 1.165) is 5.57 Å². The zero-order valence-corrected chi connectivity index (χ0v) is 9.86. The molecule has 3 heteroatoms. The van der Waals surface area contributed by atoms with Crippen molar-refractivity contribution in [1.82, 2.24) is 4.98 Å². The Morgan fingerprint density at radius 2 is 2.31 bits per heavy atom. The smallest absolute Gasteiger partial charge is 0.201 e. The number of hydrogen-bond donors (Lipinski definition) is 1. The Morgan fingerprint density at radius 1 is 1.62 bits per heavy atom. The van der Waals surface area contributed by atoms with Gasteiger partial charge in [-0.1, -0.05) is 31.4 Å². The molecule has 0 atom stereocenters. The average molecular weight is 218 g/mol. The van der Waals surface area contributed by atoms with Crippen molar-refractivity contribution >= 4 is 5.57 Å². The van der Waals surface area contributed by atoms with Gasteiger partial charge in [0.05, 0.1) is 11.6 Å². The van der Waals surface area contributed by atoms with Gasteiger partial charge in [0, 0.05) is 12.1 Å². The predicted octanol–water partition coefficient (Wildman–Crippen LogP) is 2.67. The molecule has 0 unspecified atom stereocenters. The molecule has 16 heavy (non-hydrogen) atoms. The second kappa shape index (κ2) is 4.94. The number of hydrogen-bond acceptors (Lipinski definition) is 3. The largest absolute Gasteiger partial charge is 0.440 e. The normalized spacial score (nSPS) is 11.9. The van der Waals surface area contributed by atoms with Crippen LogP contribution in [-0.4, -0.2) is 11.5 Å². The molecule has 1 aromatic heterocycles. The van der Waals surface area contributed by atoms with Crippen LogP contribution in [0.15, 0.2) is 42.0 Å². The van der Waals surface area contributed by atoms with Crippen molar-refractivity contribution in [2.45, 2.75) is 19.3 Å². The van der Waals surface area contributed by atoms with E-state index in [-0.39, 0.29) is 5.41 Å². The molecule has 0 saturated heterocycles. The first kappa shape index (κ1) is 12.5. The molecule has 0 aliphatic heterocycles. The third-order valence-corrected chi connectivity index (χ3v) is 2.34. The Labute approximate surface area is 96.4 Å². The van der Waals surface area contributed by atoms with Crippen LogP contribution in [0.1, 0.15) is 25.5 Å². The van der Waals surface area contributed by atoms with Crippen molar-refractivity contribution in [2.75, 3.05) is 6.54 Å². The highest BCUT2D eigenvalue weighted by Crippen LogP contribution is 2.24. The van der Waals surface area contributed by atoms with E-state index in [0.29, 0.717) is 18.2 Å². The first-order valence-corrected chi connectivity index (χ1v) is 5.16. The van der Waals surface area contributed by atoms with Crippen LogP contribution in [0.2, 0.25) is 0 Å². The van der Waals surface area contributed by atoms with Gasteiger partial charge < -0.3 is 10.2 Å². The summed E-state index contributed by atoms with van der Waals surface area (Å²) < 4.78 is 5.62. The van der Waals surface area contributed by atoms with Gasteiger partial charge in [0.2, 0.25) is 5.89 Å². The monoisotopic (exact) mass is 218 g/mol. The topological polar surface area (TPSA) is 52.0 Å². The lowest BCUT2D eigenvalue weighted by molar-refractivity contribution is 0.371. The van der Waals surface area contributed by atoms with Gasteiger partial charge >= 0.3 is 0 Å². The summed E-state index contributed by atoms with van der Waals surface area (Å²) in [6, 6.07) is 0. The van der Waals surface area contributed by atoms with Crippen molar-refractivity contribution < 1.29 is 4.42 Å². The Morgan fingerprint density at radius 3 is 2.88 bits per heavy atom. The molecule has 1 rings (SSSR count). The molecule has 1 aromatic rings. The van der Waals surface area contributed by atoms with E-state index in [9.17, 15) is 0 Å². The highest BCUT2D eigenvalue weighted by molar-refractivity contribution is 5.68. The number of nitrogens with two attached hydrogens (primary N) is 1. The van der Waals surface area contributed by atoms with E-state index in [1.54, 1.807) is 18.3 Å². The van der Waals surface area contributed by atoms with Gasteiger partial charge in [0.25, 0.3) is 0 Å². The number of oxazole rings is 1. The molecule has 0 saturated carbocycles. The van der Waals surface area contributed by atoms with Gasteiger partial charge in [0.1, 0.15) is 0 Å². The van der Waals surface area contributed by atoms with Crippen LogP contribution in [0.3, 0.4) is 0 Å².